The van der Waals surface area contributed by atoms with E-state index in [1.807, 2.05) is 0 Å². The molecule has 0 fully saturated rings. The van der Waals surface area contributed by atoms with Crippen molar-refractivity contribution in [2.24, 2.45) is 0 Å². The summed E-state index contributed by atoms with van der Waals surface area (Å²) in [7, 11) is 0. The van der Waals surface area contributed by atoms with E-state index < -0.39 is 0 Å². The van der Waals surface area contributed by atoms with Gasteiger partial charge in [0.15, 0.2) is 0 Å². The summed E-state index contributed by atoms with van der Waals surface area (Å²) in [4.78, 5) is 0. The lowest BCUT2D eigenvalue weighted by Gasteiger charge is -2.18. The SMILES string of the molecule is c1cc(-c2cccc3cc4c(cc23)oc2c3ccccc3ccc42)cc(-c2c3ccccc3c(-c3ccc4ccccc4c3)c3ccccc23)c1. The molecule has 51 heavy (non-hydrogen) atoms. The van der Waals surface area contributed by atoms with Gasteiger partial charge in [0.1, 0.15) is 11.2 Å². The Balaban J connectivity index is 1.13. The first-order valence-electron chi connectivity index (χ1n) is 17.6. The molecule has 0 aliphatic carbocycles. The molecule has 1 heteroatoms. The minimum Gasteiger partial charge on any atom is -0.455 e. The lowest BCUT2D eigenvalue weighted by atomic mass is 9.85. The van der Waals surface area contributed by atoms with Crippen LogP contribution < -0.4 is 0 Å². The maximum absolute atomic E-state index is 6.63. The average Bonchev–Trinajstić information content (AvgIpc) is 3.56. The van der Waals surface area contributed by atoms with Gasteiger partial charge < -0.3 is 4.42 Å². The Bertz CT molecular complexity index is 3140. The molecule has 0 saturated carbocycles. The number of furan rings is 1. The van der Waals surface area contributed by atoms with Crippen molar-refractivity contribution in [1.82, 2.24) is 0 Å². The summed E-state index contributed by atoms with van der Waals surface area (Å²) in [6.45, 7) is 0. The molecule has 0 aliphatic rings. The van der Waals surface area contributed by atoms with Crippen molar-refractivity contribution >= 4 is 75.8 Å². The smallest absolute Gasteiger partial charge is 0.143 e. The molecule has 0 atom stereocenters. The third-order valence-corrected chi connectivity index (χ3v) is 10.8. The monoisotopic (exact) mass is 646 g/mol. The van der Waals surface area contributed by atoms with Crippen molar-refractivity contribution in [3.05, 3.63) is 182 Å². The van der Waals surface area contributed by atoms with Gasteiger partial charge in [0.05, 0.1) is 0 Å². The minimum absolute atomic E-state index is 0.915. The van der Waals surface area contributed by atoms with Crippen LogP contribution in [0.3, 0.4) is 0 Å². The summed E-state index contributed by atoms with van der Waals surface area (Å²) in [5, 5.41) is 14.6. The molecule has 236 valence electrons. The van der Waals surface area contributed by atoms with Gasteiger partial charge >= 0.3 is 0 Å². The average molecular weight is 647 g/mol. The van der Waals surface area contributed by atoms with E-state index in [0.717, 1.165) is 27.3 Å². The Morgan fingerprint density at radius 3 is 1.59 bits per heavy atom. The highest BCUT2D eigenvalue weighted by atomic mass is 16.3. The molecule has 1 heterocycles. The zero-order chi connectivity index (χ0) is 33.5. The Labute approximate surface area is 294 Å². The molecule has 0 amide bonds. The molecule has 0 bridgehead atoms. The fourth-order valence-corrected chi connectivity index (χ4v) is 8.46. The summed E-state index contributed by atoms with van der Waals surface area (Å²) in [6.07, 6.45) is 0. The number of hydrogen-bond acceptors (Lipinski definition) is 1. The molecule has 0 spiro atoms. The first-order chi connectivity index (χ1) is 25.3. The van der Waals surface area contributed by atoms with Crippen LogP contribution in [0.4, 0.5) is 0 Å². The topological polar surface area (TPSA) is 13.1 Å². The van der Waals surface area contributed by atoms with Crippen molar-refractivity contribution in [3.63, 3.8) is 0 Å². The summed E-state index contributed by atoms with van der Waals surface area (Å²) in [5.74, 6) is 0. The van der Waals surface area contributed by atoms with Gasteiger partial charge in [-0.25, -0.2) is 0 Å². The van der Waals surface area contributed by atoms with Crippen molar-refractivity contribution in [2.75, 3.05) is 0 Å². The van der Waals surface area contributed by atoms with E-state index >= 15 is 0 Å². The van der Waals surface area contributed by atoms with Gasteiger partial charge in [-0.05, 0) is 112 Å². The predicted molar refractivity (Wildman–Crippen MR) is 218 cm³/mol. The van der Waals surface area contributed by atoms with Crippen LogP contribution in [0.25, 0.3) is 109 Å². The molecule has 0 N–H and O–H groups in total. The van der Waals surface area contributed by atoms with Gasteiger partial charge in [0.25, 0.3) is 0 Å². The Morgan fingerprint density at radius 1 is 0.275 bits per heavy atom. The number of hydrogen-bond donors (Lipinski definition) is 0. The third kappa shape index (κ3) is 4.28. The largest absolute Gasteiger partial charge is 0.455 e. The van der Waals surface area contributed by atoms with E-state index in [1.54, 1.807) is 0 Å². The van der Waals surface area contributed by atoms with Gasteiger partial charge in [0.2, 0.25) is 0 Å². The second-order valence-corrected chi connectivity index (χ2v) is 13.6. The Morgan fingerprint density at radius 2 is 0.843 bits per heavy atom. The summed E-state index contributed by atoms with van der Waals surface area (Å²) in [6, 6.07) is 66.4. The Kier molecular flexibility index (Phi) is 6.02. The molecule has 0 saturated heterocycles. The van der Waals surface area contributed by atoms with Crippen molar-refractivity contribution in [2.45, 2.75) is 0 Å². The molecular weight excluding hydrogens is 617 g/mol. The van der Waals surface area contributed by atoms with E-state index in [9.17, 15) is 0 Å². The number of benzene rings is 10. The van der Waals surface area contributed by atoms with Crippen molar-refractivity contribution in [3.8, 4) is 33.4 Å². The van der Waals surface area contributed by atoms with Gasteiger partial charge in [-0.15, -0.1) is 0 Å². The number of rotatable bonds is 3. The van der Waals surface area contributed by atoms with Crippen LogP contribution in [-0.4, -0.2) is 0 Å². The second-order valence-electron chi connectivity index (χ2n) is 13.6. The number of fused-ring (bicyclic) bond motifs is 9. The molecule has 0 aliphatic heterocycles. The van der Waals surface area contributed by atoms with Gasteiger partial charge in [-0.2, -0.15) is 0 Å². The molecular formula is C50H30O. The fraction of sp³-hybridized carbons (Fsp3) is 0. The van der Waals surface area contributed by atoms with E-state index in [1.165, 1.54) is 81.9 Å². The molecule has 0 unspecified atom stereocenters. The summed E-state index contributed by atoms with van der Waals surface area (Å²) in [5.41, 5.74) is 9.24. The van der Waals surface area contributed by atoms with Crippen molar-refractivity contribution in [1.29, 1.82) is 0 Å². The highest BCUT2D eigenvalue weighted by Gasteiger charge is 2.18. The minimum atomic E-state index is 0.915. The van der Waals surface area contributed by atoms with Crippen LogP contribution in [0.2, 0.25) is 0 Å². The van der Waals surface area contributed by atoms with Crippen LogP contribution in [0.1, 0.15) is 0 Å². The molecule has 11 aromatic rings. The second kappa shape index (κ2) is 10.9. The van der Waals surface area contributed by atoms with Crippen LogP contribution in [0.5, 0.6) is 0 Å². The van der Waals surface area contributed by atoms with E-state index in [2.05, 4.69) is 182 Å². The van der Waals surface area contributed by atoms with Crippen LogP contribution in [0.15, 0.2) is 186 Å². The van der Waals surface area contributed by atoms with Gasteiger partial charge in [-0.1, -0.05) is 152 Å². The van der Waals surface area contributed by atoms with Crippen LogP contribution in [0, 0.1) is 0 Å². The first kappa shape index (κ1) is 28.2. The Hall–Kier alpha value is -6.70. The normalized spacial score (nSPS) is 11.9. The van der Waals surface area contributed by atoms with E-state index in [-0.39, 0.29) is 0 Å². The van der Waals surface area contributed by atoms with Crippen molar-refractivity contribution < 1.29 is 4.42 Å². The highest BCUT2D eigenvalue weighted by molar-refractivity contribution is 6.22. The molecule has 10 aromatic carbocycles. The zero-order valence-electron chi connectivity index (χ0n) is 27.7. The summed E-state index contributed by atoms with van der Waals surface area (Å²) < 4.78 is 6.63. The predicted octanol–water partition coefficient (Wildman–Crippen LogP) is 14.4. The third-order valence-electron chi connectivity index (χ3n) is 10.8. The van der Waals surface area contributed by atoms with E-state index in [4.69, 9.17) is 4.42 Å². The van der Waals surface area contributed by atoms with Crippen LogP contribution in [-0.2, 0) is 0 Å². The van der Waals surface area contributed by atoms with E-state index in [0.29, 0.717) is 0 Å². The lowest BCUT2D eigenvalue weighted by molar-refractivity contribution is 0.673. The summed E-state index contributed by atoms with van der Waals surface area (Å²) >= 11 is 0. The highest BCUT2D eigenvalue weighted by Crippen LogP contribution is 2.45. The molecule has 0 radical (unpaired) electrons. The standard InChI is InChI=1S/C50H30O/c1-2-13-33-27-37(24-23-31(33)11-1)49-42-20-7-5-18-40(42)48(41-19-6-8-21-43(41)49)36-16-9-14-34(28-36)38-22-10-15-35-29-46-44-26-25-32-12-3-4-17-39(32)50(44)51-47(46)30-45(35)38/h1-30H. The molecule has 1 nitrogen and oxygen atoms in total. The first-order valence-corrected chi connectivity index (χ1v) is 17.6. The lowest BCUT2D eigenvalue weighted by Crippen LogP contribution is -1.91. The maximum Gasteiger partial charge on any atom is 0.143 e. The maximum atomic E-state index is 6.63. The quantitative estimate of drug-likeness (QED) is 0.174. The zero-order valence-corrected chi connectivity index (χ0v) is 27.7. The van der Waals surface area contributed by atoms with Gasteiger partial charge in [-0.3, -0.25) is 0 Å². The molecule has 1 aromatic heterocycles. The van der Waals surface area contributed by atoms with Crippen LogP contribution >= 0.6 is 0 Å². The molecule has 11 rings (SSSR count). The van der Waals surface area contributed by atoms with Gasteiger partial charge in [0, 0.05) is 16.2 Å². The fourth-order valence-electron chi connectivity index (χ4n) is 8.46.